The van der Waals surface area contributed by atoms with E-state index in [0.29, 0.717) is 12.5 Å². The molecule has 2 fully saturated rings. The van der Waals surface area contributed by atoms with Crippen LogP contribution in [-0.4, -0.2) is 28.5 Å². The summed E-state index contributed by atoms with van der Waals surface area (Å²) in [7, 11) is 0. The fourth-order valence-electron chi connectivity index (χ4n) is 3.47. The molecule has 3 rings (SSSR count). The summed E-state index contributed by atoms with van der Waals surface area (Å²) in [6.07, 6.45) is 8.32. The van der Waals surface area contributed by atoms with E-state index in [2.05, 4.69) is 27.2 Å². The van der Waals surface area contributed by atoms with Gasteiger partial charge in [0.2, 0.25) is 11.2 Å². The van der Waals surface area contributed by atoms with Crippen LogP contribution in [0.25, 0.3) is 6.08 Å². The van der Waals surface area contributed by atoms with Crippen LogP contribution < -0.4 is 10.6 Å². The molecule has 0 radical (unpaired) electrons. The van der Waals surface area contributed by atoms with E-state index in [4.69, 9.17) is 11.6 Å². The molecule has 0 bridgehead atoms. The highest BCUT2D eigenvalue weighted by Crippen LogP contribution is 2.42. The van der Waals surface area contributed by atoms with Gasteiger partial charge in [-0.05, 0) is 36.3 Å². The molecule has 2 N–H and O–H groups in total. The molecule has 1 aromatic heterocycles. The van der Waals surface area contributed by atoms with Crippen LogP contribution in [0.3, 0.4) is 0 Å². The SMILES string of the molecule is C=Cc1cnc(Cl)nc1NC1CCCC2(CNC(=O)C2)C1. The third kappa shape index (κ3) is 3.02. The first-order valence-corrected chi connectivity index (χ1v) is 7.66. The van der Waals surface area contributed by atoms with Crippen molar-refractivity contribution < 1.29 is 4.79 Å². The zero-order valence-corrected chi connectivity index (χ0v) is 12.6. The summed E-state index contributed by atoms with van der Waals surface area (Å²) in [4.78, 5) is 19.8. The lowest BCUT2D eigenvalue weighted by molar-refractivity contribution is -0.119. The van der Waals surface area contributed by atoms with E-state index in [1.165, 1.54) is 0 Å². The quantitative estimate of drug-likeness (QED) is 0.843. The molecule has 1 aromatic rings. The molecule has 1 saturated heterocycles. The summed E-state index contributed by atoms with van der Waals surface area (Å²) < 4.78 is 0. The van der Waals surface area contributed by atoms with Gasteiger partial charge in [0.25, 0.3) is 0 Å². The van der Waals surface area contributed by atoms with E-state index in [9.17, 15) is 4.79 Å². The number of amides is 1. The number of nitrogens with zero attached hydrogens (tertiary/aromatic N) is 2. The van der Waals surface area contributed by atoms with E-state index in [0.717, 1.165) is 43.6 Å². The number of rotatable bonds is 3. The van der Waals surface area contributed by atoms with Crippen molar-refractivity contribution >= 4 is 29.4 Å². The lowest BCUT2D eigenvalue weighted by Crippen LogP contribution is -2.37. The standard InChI is InChI=1S/C15H19ClN4O/c1-2-10-8-17-14(16)20-13(10)19-11-4-3-5-15(6-11)7-12(21)18-9-15/h2,8,11H,1,3-7,9H2,(H,18,21)(H,17,19,20). The number of anilines is 1. The largest absolute Gasteiger partial charge is 0.367 e. The van der Waals surface area contributed by atoms with Crippen molar-refractivity contribution in [3.05, 3.63) is 23.6 Å². The lowest BCUT2D eigenvalue weighted by Gasteiger charge is -2.37. The number of aromatic nitrogens is 2. The Kier molecular flexibility index (Phi) is 3.85. The Morgan fingerprint density at radius 2 is 2.43 bits per heavy atom. The summed E-state index contributed by atoms with van der Waals surface area (Å²) in [6.45, 7) is 4.57. The molecular formula is C15H19ClN4O. The molecule has 2 atom stereocenters. The normalized spacial score (nSPS) is 28.4. The van der Waals surface area contributed by atoms with Crippen LogP contribution >= 0.6 is 11.6 Å². The van der Waals surface area contributed by atoms with Crippen LogP contribution in [0.15, 0.2) is 12.8 Å². The summed E-state index contributed by atoms with van der Waals surface area (Å²) >= 11 is 5.88. The minimum Gasteiger partial charge on any atom is -0.367 e. The molecule has 6 heteroatoms. The van der Waals surface area contributed by atoms with E-state index >= 15 is 0 Å². The Morgan fingerprint density at radius 1 is 1.57 bits per heavy atom. The van der Waals surface area contributed by atoms with Crippen LogP contribution in [0.2, 0.25) is 5.28 Å². The Morgan fingerprint density at radius 3 is 3.14 bits per heavy atom. The van der Waals surface area contributed by atoms with Crippen molar-refractivity contribution in [1.29, 1.82) is 0 Å². The first-order chi connectivity index (χ1) is 10.1. The van der Waals surface area contributed by atoms with Crippen LogP contribution in [0.1, 0.15) is 37.7 Å². The topological polar surface area (TPSA) is 66.9 Å². The van der Waals surface area contributed by atoms with Crippen LogP contribution in [0.4, 0.5) is 5.82 Å². The second-order valence-corrected chi connectivity index (χ2v) is 6.38. The Hall–Kier alpha value is -1.62. The highest BCUT2D eigenvalue weighted by molar-refractivity contribution is 6.28. The van der Waals surface area contributed by atoms with Gasteiger partial charge in [-0.1, -0.05) is 19.1 Å². The van der Waals surface area contributed by atoms with E-state index in [1.54, 1.807) is 12.3 Å². The summed E-state index contributed by atoms with van der Waals surface area (Å²) in [5.74, 6) is 0.900. The molecule has 2 heterocycles. The number of nitrogens with one attached hydrogen (secondary N) is 2. The molecule has 1 amide bonds. The molecule has 112 valence electrons. The van der Waals surface area contributed by atoms with Crippen LogP contribution in [0, 0.1) is 5.41 Å². The van der Waals surface area contributed by atoms with Gasteiger partial charge < -0.3 is 10.6 Å². The summed E-state index contributed by atoms with van der Waals surface area (Å²) in [6, 6.07) is 0.302. The fourth-order valence-corrected chi connectivity index (χ4v) is 3.61. The molecule has 1 saturated carbocycles. The van der Waals surface area contributed by atoms with E-state index in [1.807, 2.05) is 0 Å². The number of halogens is 1. The average molecular weight is 307 g/mol. The van der Waals surface area contributed by atoms with Gasteiger partial charge in [0.15, 0.2) is 0 Å². The lowest BCUT2D eigenvalue weighted by atomic mass is 9.71. The number of hydrogen-bond donors (Lipinski definition) is 2. The Balaban J connectivity index is 1.74. The predicted octanol–water partition coefficient (Wildman–Crippen LogP) is 2.63. The second kappa shape index (κ2) is 5.64. The number of hydrogen-bond acceptors (Lipinski definition) is 4. The first kappa shape index (κ1) is 14.3. The van der Waals surface area contributed by atoms with Gasteiger partial charge in [-0.3, -0.25) is 4.79 Å². The van der Waals surface area contributed by atoms with Gasteiger partial charge >= 0.3 is 0 Å². The molecule has 0 aromatic carbocycles. The van der Waals surface area contributed by atoms with Crippen LogP contribution in [0.5, 0.6) is 0 Å². The summed E-state index contributed by atoms with van der Waals surface area (Å²) in [5.41, 5.74) is 0.956. The Labute approximate surface area is 129 Å². The van der Waals surface area contributed by atoms with Crippen molar-refractivity contribution in [3.8, 4) is 0 Å². The monoisotopic (exact) mass is 306 g/mol. The maximum atomic E-state index is 11.5. The molecular weight excluding hydrogens is 288 g/mol. The van der Waals surface area contributed by atoms with Crippen LogP contribution in [-0.2, 0) is 4.79 Å². The third-order valence-corrected chi connectivity index (χ3v) is 4.67. The van der Waals surface area contributed by atoms with Crippen molar-refractivity contribution in [2.75, 3.05) is 11.9 Å². The molecule has 2 aliphatic rings. The second-order valence-electron chi connectivity index (χ2n) is 6.04. The van der Waals surface area contributed by atoms with Gasteiger partial charge in [-0.25, -0.2) is 9.97 Å². The van der Waals surface area contributed by atoms with Crippen molar-refractivity contribution in [2.24, 2.45) is 5.41 Å². The van der Waals surface area contributed by atoms with Gasteiger partial charge in [0, 0.05) is 30.8 Å². The maximum absolute atomic E-state index is 11.5. The van der Waals surface area contributed by atoms with Gasteiger partial charge in [-0.15, -0.1) is 0 Å². The molecule has 1 aliphatic carbocycles. The molecule has 2 unspecified atom stereocenters. The fraction of sp³-hybridized carbons (Fsp3) is 0.533. The molecule has 21 heavy (non-hydrogen) atoms. The molecule has 1 spiro atoms. The zero-order valence-electron chi connectivity index (χ0n) is 11.9. The third-order valence-electron chi connectivity index (χ3n) is 4.48. The summed E-state index contributed by atoms with van der Waals surface area (Å²) in [5, 5.41) is 6.66. The Bertz CT molecular complexity index is 577. The molecule has 1 aliphatic heterocycles. The number of carbonyl (C=O) groups excluding carboxylic acids is 1. The van der Waals surface area contributed by atoms with Crippen molar-refractivity contribution in [1.82, 2.24) is 15.3 Å². The van der Waals surface area contributed by atoms with Gasteiger partial charge in [0.1, 0.15) is 5.82 Å². The zero-order chi connectivity index (χ0) is 14.9. The minimum atomic E-state index is 0.109. The first-order valence-electron chi connectivity index (χ1n) is 7.28. The highest BCUT2D eigenvalue weighted by Gasteiger charge is 2.42. The minimum absolute atomic E-state index is 0.109. The smallest absolute Gasteiger partial charge is 0.224 e. The van der Waals surface area contributed by atoms with E-state index in [-0.39, 0.29) is 16.6 Å². The van der Waals surface area contributed by atoms with Crippen molar-refractivity contribution in [2.45, 2.75) is 38.1 Å². The maximum Gasteiger partial charge on any atom is 0.224 e. The molecule has 5 nitrogen and oxygen atoms in total. The van der Waals surface area contributed by atoms with Crippen molar-refractivity contribution in [3.63, 3.8) is 0 Å². The van der Waals surface area contributed by atoms with Gasteiger partial charge in [0.05, 0.1) is 0 Å². The predicted molar refractivity (Wildman–Crippen MR) is 83.1 cm³/mol. The van der Waals surface area contributed by atoms with Gasteiger partial charge in [-0.2, -0.15) is 0 Å². The highest BCUT2D eigenvalue weighted by atomic mass is 35.5. The number of carbonyl (C=O) groups is 1. The average Bonchev–Trinajstić information content (AvgIpc) is 2.80. The van der Waals surface area contributed by atoms with E-state index < -0.39 is 0 Å².